The largest absolute Gasteiger partial charge is 0.481 e. The van der Waals surface area contributed by atoms with Gasteiger partial charge in [-0.2, -0.15) is 0 Å². The number of nitrogens with one attached hydrogen (secondary N) is 1. The van der Waals surface area contributed by atoms with Crippen LogP contribution in [0.15, 0.2) is 6.20 Å². The molecule has 1 unspecified atom stereocenters. The lowest BCUT2D eigenvalue weighted by Crippen LogP contribution is -2.29. The average molecular weight is 251 g/mol. The van der Waals surface area contributed by atoms with E-state index < -0.39 is 5.97 Å². The van der Waals surface area contributed by atoms with Crippen LogP contribution in [0.2, 0.25) is 0 Å². The lowest BCUT2D eigenvalue weighted by Gasteiger charge is -2.28. The molecule has 0 bridgehead atoms. The maximum atomic E-state index is 10.8. The van der Waals surface area contributed by atoms with E-state index in [0.717, 1.165) is 37.4 Å². The van der Waals surface area contributed by atoms with Crippen molar-refractivity contribution < 1.29 is 9.90 Å². The zero-order valence-electron chi connectivity index (χ0n) is 11.0. The first kappa shape index (κ1) is 13.1. The molecule has 2 heterocycles. The lowest BCUT2D eigenvalue weighted by molar-refractivity contribution is -0.141. The van der Waals surface area contributed by atoms with Gasteiger partial charge in [-0.15, -0.1) is 0 Å². The molecule has 2 rings (SSSR count). The van der Waals surface area contributed by atoms with E-state index in [1.165, 1.54) is 0 Å². The van der Waals surface area contributed by atoms with E-state index in [2.05, 4.69) is 21.9 Å². The molecule has 0 amide bonds. The number of rotatable bonds is 4. The number of aliphatic carboxylic acids is 1. The summed E-state index contributed by atoms with van der Waals surface area (Å²) in [6.45, 7) is 3.94. The number of piperidine rings is 1. The SMILES string of the molecule is CC(Cc1ncc(C2CCN(C)CC2)[nH]1)C(=O)O. The highest BCUT2D eigenvalue weighted by Crippen LogP contribution is 2.26. The normalized spacial score (nSPS) is 19.9. The van der Waals surface area contributed by atoms with Gasteiger partial charge < -0.3 is 15.0 Å². The fraction of sp³-hybridized carbons (Fsp3) is 0.692. The monoisotopic (exact) mass is 251 g/mol. The van der Waals surface area contributed by atoms with Crippen LogP contribution in [-0.4, -0.2) is 46.1 Å². The number of hydrogen-bond donors (Lipinski definition) is 2. The molecule has 0 aliphatic carbocycles. The lowest BCUT2D eigenvalue weighted by atomic mass is 9.94. The Morgan fingerprint density at radius 2 is 2.28 bits per heavy atom. The van der Waals surface area contributed by atoms with Crippen LogP contribution in [0.1, 0.15) is 37.2 Å². The molecule has 1 atom stereocenters. The highest BCUT2D eigenvalue weighted by molar-refractivity contribution is 5.69. The van der Waals surface area contributed by atoms with Gasteiger partial charge in [0.25, 0.3) is 0 Å². The first-order chi connectivity index (χ1) is 8.56. The standard InChI is InChI=1S/C13H21N3O2/c1-9(13(17)18)7-12-14-8-11(15-12)10-3-5-16(2)6-4-10/h8-10H,3-7H2,1-2H3,(H,14,15)(H,17,18). The Morgan fingerprint density at radius 3 is 2.89 bits per heavy atom. The van der Waals surface area contributed by atoms with Gasteiger partial charge in [0, 0.05) is 24.2 Å². The number of H-pyrrole nitrogens is 1. The summed E-state index contributed by atoms with van der Waals surface area (Å²) in [6, 6.07) is 0. The molecule has 5 nitrogen and oxygen atoms in total. The van der Waals surface area contributed by atoms with Gasteiger partial charge in [-0.1, -0.05) is 6.92 Å². The van der Waals surface area contributed by atoms with Crippen LogP contribution >= 0.6 is 0 Å². The molecule has 0 radical (unpaired) electrons. The van der Waals surface area contributed by atoms with Crippen molar-refractivity contribution >= 4 is 5.97 Å². The third kappa shape index (κ3) is 3.10. The van der Waals surface area contributed by atoms with Crippen LogP contribution < -0.4 is 0 Å². The predicted octanol–water partition coefficient (Wildman–Crippen LogP) is 1.48. The minimum Gasteiger partial charge on any atom is -0.481 e. The van der Waals surface area contributed by atoms with Crippen molar-refractivity contribution in [3.8, 4) is 0 Å². The molecule has 100 valence electrons. The second-order valence-electron chi connectivity index (χ2n) is 5.31. The summed E-state index contributed by atoms with van der Waals surface area (Å²) in [5.41, 5.74) is 1.16. The van der Waals surface area contributed by atoms with Gasteiger partial charge in [-0.05, 0) is 33.0 Å². The second kappa shape index (κ2) is 5.52. The third-order valence-electron chi connectivity index (χ3n) is 3.73. The van der Waals surface area contributed by atoms with E-state index in [1.807, 2.05) is 6.20 Å². The van der Waals surface area contributed by atoms with E-state index in [4.69, 9.17) is 5.11 Å². The van der Waals surface area contributed by atoms with Crippen molar-refractivity contribution in [2.24, 2.45) is 5.92 Å². The molecule has 1 aromatic rings. The maximum absolute atomic E-state index is 10.8. The maximum Gasteiger partial charge on any atom is 0.306 e. The molecule has 1 saturated heterocycles. The summed E-state index contributed by atoms with van der Waals surface area (Å²) in [7, 11) is 2.14. The second-order valence-corrected chi connectivity index (χ2v) is 5.31. The molecular weight excluding hydrogens is 230 g/mol. The molecular formula is C13H21N3O2. The molecule has 0 saturated carbocycles. The number of imidazole rings is 1. The van der Waals surface area contributed by atoms with Crippen molar-refractivity contribution in [1.29, 1.82) is 0 Å². The Labute approximate surface area is 107 Å². The van der Waals surface area contributed by atoms with Crippen molar-refractivity contribution in [3.63, 3.8) is 0 Å². The number of carboxylic acid groups (broad SMARTS) is 1. The van der Waals surface area contributed by atoms with E-state index in [0.29, 0.717) is 12.3 Å². The first-order valence-corrected chi connectivity index (χ1v) is 6.51. The molecule has 1 aromatic heterocycles. The predicted molar refractivity (Wildman–Crippen MR) is 68.6 cm³/mol. The Morgan fingerprint density at radius 1 is 1.61 bits per heavy atom. The number of carbonyl (C=O) groups is 1. The minimum atomic E-state index is -0.771. The van der Waals surface area contributed by atoms with E-state index >= 15 is 0 Å². The van der Waals surface area contributed by atoms with Crippen LogP contribution in [-0.2, 0) is 11.2 Å². The van der Waals surface area contributed by atoms with Crippen molar-refractivity contribution in [2.45, 2.75) is 32.1 Å². The highest BCUT2D eigenvalue weighted by atomic mass is 16.4. The Hall–Kier alpha value is -1.36. The molecule has 0 aromatic carbocycles. The zero-order chi connectivity index (χ0) is 13.1. The summed E-state index contributed by atoms with van der Waals surface area (Å²) < 4.78 is 0. The van der Waals surface area contributed by atoms with Gasteiger partial charge >= 0.3 is 5.97 Å². The van der Waals surface area contributed by atoms with Gasteiger partial charge in [-0.25, -0.2) is 4.98 Å². The van der Waals surface area contributed by atoms with Gasteiger partial charge in [0.1, 0.15) is 5.82 Å². The van der Waals surface area contributed by atoms with Crippen LogP contribution in [0, 0.1) is 5.92 Å². The third-order valence-corrected chi connectivity index (χ3v) is 3.73. The quantitative estimate of drug-likeness (QED) is 0.850. The molecule has 2 N–H and O–H groups in total. The molecule has 18 heavy (non-hydrogen) atoms. The van der Waals surface area contributed by atoms with Gasteiger partial charge in [0.15, 0.2) is 0 Å². The fourth-order valence-electron chi connectivity index (χ4n) is 2.39. The van der Waals surface area contributed by atoms with Crippen molar-refractivity contribution in [3.05, 3.63) is 17.7 Å². The van der Waals surface area contributed by atoms with Crippen LogP contribution in [0.3, 0.4) is 0 Å². The van der Waals surface area contributed by atoms with Gasteiger partial charge in [0.2, 0.25) is 0 Å². The first-order valence-electron chi connectivity index (χ1n) is 6.51. The van der Waals surface area contributed by atoms with Crippen LogP contribution in [0.5, 0.6) is 0 Å². The molecule has 1 fully saturated rings. The smallest absolute Gasteiger partial charge is 0.306 e. The fourth-order valence-corrected chi connectivity index (χ4v) is 2.39. The Bertz CT molecular complexity index is 408. The van der Waals surface area contributed by atoms with E-state index in [1.54, 1.807) is 6.92 Å². The molecule has 0 spiro atoms. The minimum absolute atomic E-state index is 0.388. The summed E-state index contributed by atoms with van der Waals surface area (Å²) in [5, 5.41) is 8.88. The molecule has 5 heteroatoms. The Kier molecular flexibility index (Phi) is 4.01. The topological polar surface area (TPSA) is 69.2 Å². The van der Waals surface area contributed by atoms with Gasteiger partial charge in [-0.3, -0.25) is 4.79 Å². The van der Waals surface area contributed by atoms with Crippen LogP contribution in [0.4, 0.5) is 0 Å². The Balaban J connectivity index is 1.95. The summed E-state index contributed by atoms with van der Waals surface area (Å²) in [6.07, 6.45) is 4.64. The number of carboxylic acids is 1. The number of aromatic nitrogens is 2. The number of nitrogens with zero attached hydrogens (tertiary/aromatic N) is 2. The van der Waals surface area contributed by atoms with E-state index in [-0.39, 0.29) is 5.92 Å². The van der Waals surface area contributed by atoms with Gasteiger partial charge in [0.05, 0.1) is 5.92 Å². The summed E-state index contributed by atoms with van der Waals surface area (Å²) >= 11 is 0. The zero-order valence-corrected chi connectivity index (χ0v) is 11.0. The number of hydrogen-bond acceptors (Lipinski definition) is 3. The van der Waals surface area contributed by atoms with Crippen LogP contribution in [0.25, 0.3) is 0 Å². The number of likely N-dealkylation sites (tertiary alicyclic amines) is 1. The van der Waals surface area contributed by atoms with Crippen molar-refractivity contribution in [2.75, 3.05) is 20.1 Å². The summed E-state index contributed by atoms with van der Waals surface area (Å²) in [5.74, 6) is 0.176. The van der Waals surface area contributed by atoms with Crippen molar-refractivity contribution in [1.82, 2.24) is 14.9 Å². The highest BCUT2D eigenvalue weighted by Gasteiger charge is 2.21. The average Bonchev–Trinajstić information content (AvgIpc) is 2.78. The molecule has 1 aliphatic heterocycles. The van der Waals surface area contributed by atoms with E-state index in [9.17, 15) is 4.79 Å². The summed E-state index contributed by atoms with van der Waals surface area (Å²) in [4.78, 5) is 20.7. The molecule has 1 aliphatic rings. The number of aromatic amines is 1.